The molecule has 0 aliphatic rings. The van der Waals surface area contributed by atoms with E-state index in [1.807, 2.05) is 0 Å². The average molecular weight is 425 g/mol. The molecule has 0 aliphatic carbocycles. The van der Waals surface area contributed by atoms with E-state index in [-0.39, 0.29) is 28.8 Å². The summed E-state index contributed by atoms with van der Waals surface area (Å²) in [4.78, 5) is 22.8. The largest absolute Gasteiger partial charge is 0.486 e. The van der Waals surface area contributed by atoms with E-state index in [4.69, 9.17) is 16.3 Å². The molecule has 144 valence electrons. The smallest absolute Gasteiger partial charge is 0.271 e. The second-order valence-electron chi connectivity index (χ2n) is 5.56. The van der Waals surface area contributed by atoms with Crippen molar-refractivity contribution in [2.45, 2.75) is 6.61 Å². The lowest BCUT2D eigenvalue weighted by Gasteiger charge is -2.06. The minimum atomic E-state index is -0.819. The number of anilines is 1. The SMILES string of the molecule is O=C(Nc1ccc([N+](=O)[O-])cc1Cl)c1cc(COc2ccc(F)cc2F)cs1. The molecule has 0 saturated carbocycles. The molecule has 0 unspecified atom stereocenters. The molecule has 1 N–H and O–H groups in total. The van der Waals surface area contributed by atoms with Crippen molar-refractivity contribution >= 4 is 40.2 Å². The van der Waals surface area contributed by atoms with Crippen LogP contribution in [0.3, 0.4) is 0 Å². The molecule has 1 heterocycles. The molecule has 6 nitrogen and oxygen atoms in total. The highest BCUT2D eigenvalue weighted by Gasteiger charge is 2.15. The Morgan fingerprint density at radius 1 is 1.21 bits per heavy atom. The van der Waals surface area contributed by atoms with Gasteiger partial charge in [0.05, 0.1) is 20.5 Å². The Kier molecular flexibility index (Phi) is 5.86. The number of rotatable bonds is 6. The van der Waals surface area contributed by atoms with Crippen LogP contribution in [-0.4, -0.2) is 10.8 Å². The number of nitro benzene ring substituents is 1. The van der Waals surface area contributed by atoms with Gasteiger partial charge in [-0.05, 0) is 29.6 Å². The first kappa shape index (κ1) is 19.7. The van der Waals surface area contributed by atoms with Crippen LogP contribution < -0.4 is 10.1 Å². The van der Waals surface area contributed by atoms with Gasteiger partial charge in [-0.2, -0.15) is 0 Å². The molecule has 0 radical (unpaired) electrons. The molecule has 0 fully saturated rings. The van der Waals surface area contributed by atoms with Crippen LogP contribution in [0.4, 0.5) is 20.2 Å². The van der Waals surface area contributed by atoms with Gasteiger partial charge in [-0.25, -0.2) is 8.78 Å². The topological polar surface area (TPSA) is 81.5 Å². The van der Waals surface area contributed by atoms with Crippen molar-refractivity contribution in [2.24, 2.45) is 0 Å². The number of nitro groups is 1. The van der Waals surface area contributed by atoms with E-state index in [0.29, 0.717) is 10.4 Å². The first-order valence-electron chi connectivity index (χ1n) is 7.74. The zero-order valence-electron chi connectivity index (χ0n) is 13.9. The quantitative estimate of drug-likeness (QED) is 0.423. The number of carbonyl (C=O) groups is 1. The van der Waals surface area contributed by atoms with Gasteiger partial charge < -0.3 is 10.1 Å². The highest BCUT2D eigenvalue weighted by molar-refractivity contribution is 7.12. The third-order valence-corrected chi connectivity index (χ3v) is 4.87. The lowest BCUT2D eigenvalue weighted by molar-refractivity contribution is -0.384. The Morgan fingerprint density at radius 3 is 2.68 bits per heavy atom. The van der Waals surface area contributed by atoms with E-state index in [0.717, 1.165) is 29.5 Å². The fourth-order valence-electron chi connectivity index (χ4n) is 2.23. The van der Waals surface area contributed by atoms with Gasteiger partial charge in [-0.15, -0.1) is 11.3 Å². The summed E-state index contributed by atoms with van der Waals surface area (Å²) in [6.45, 7) is -0.00931. The molecule has 3 aromatic rings. The Hall–Kier alpha value is -3.04. The summed E-state index contributed by atoms with van der Waals surface area (Å²) < 4.78 is 31.7. The molecule has 28 heavy (non-hydrogen) atoms. The maximum atomic E-state index is 13.6. The normalized spacial score (nSPS) is 10.5. The Balaban J connectivity index is 1.64. The van der Waals surface area contributed by atoms with Crippen LogP contribution >= 0.6 is 22.9 Å². The Labute approximate surface area is 166 Å². The summed E-state index contributed by atoms with van der Waals surface area (Å²) in [5.41, 5.74) is 0.664. The third-order valence-electron chi connectivity index (χ3n) is 3.58. The highest BCUT2D eigenvalue weighted by atomic mass is 35.5. The van der Waals surface area contributed by atoms with Crippen molar-refractivity contribution in [3.63, 3.8) is 0 Å². The summed E-state index contributed by atoms with van der Waals surface area (Å²) in [5, 5.41) is 15.0. The zero-order chi connectivity index (χ0) is 20.3. The van der Waals surface area contributed by atoms with Gasteiger partial charge in [0.1, 0.15) is 12.4 Å². The number of hydrogen-bond acceptors (Lipinski definition) is 5. The molecular formula is C18H11ClF2N2O4S. The molecule has 3 rings (SSSR count). The number of nitrogens with zero attached hydrogens (tertiary/aromatic N) is 1. The number of halogens is 3. The van der Waals surface area contributed by atoms with Crippen LogP contribution in [0, 0.1) is 21.7 Å². The van der Waals surface area contributed by atoms with E-state index < -0.39 is 22.5 Å². The highest BCUT2D eigenvalue weighted by Crippen LogP contribution is 2.28. The molecule has 0 saturated heterocycles. The zero-order valence-corrected chi connectivity index (χ0v) is 15.5. The standard InChI is InChI=1S/C18H11ClF2N2O4S/c19-13-7-12(23(25)26)2-3-15(13)22-18(24)17-5-10(9-28-17)8-27-16-4-1-11(20)6-14(16)21/h1-7,9H,8H2,(H,22,24). The number of ether oxygens (including phenoxy) is 1. The van der Waals surface area contributed by atoms with Crippen molar-refractivity contribution in [3.05, 3.63) is 85.1 Å². The second-order valence-corrected chi connectivity index (χ2v) is 6.88. The third kappa shape index (κ3) is 4.62. The molecule has 0 aliphatic heterocycles. The summed E-state index contributed by atoms with van der Waals surface area (Å²) in [6.07, 6.45) is 0. The molecule has 10 heteroatoms. The number of hydrogen-bond donors (Lipinski definition) is 1. The fraction of sp³-hybridized carbons (Fsp3) is 0.0556. The van der Waals surface area contributed by atoms with Gasteiger partial charge in [0.2, 0.25) is 0 Å². The number of carbonyl (C=O) groups excluding carboxylic acids is 1. The van der Waals surface area contributed by atoms with Crippen molar-refractivity contribution in [1.29, 1.82) is 0 Å². The van der Waals surface area contributed by atoms with E-state index >= 15 is 0 Å². The number of nitrogens with one attached hydrogen (secondary N) is 1. The van der Waals surface area contributed by atoms with E-state index in [9.17, 15) is 23.7 Å². The number of amides is 1. The first-order valence-corrected chi connectivity index (χ1v) is 9.00. The van der Waals surface area contributed by atoms with Gasteiger partial charge >= 0.3 is 0 Å². The molecule has 0 spiro atoms. The van der Waals surface area contributed by atoms with Crippen molar-refractivity contribution in [2.75, 3.05) is 5.32 Å². The van der Waals surface area contributed by atoms with Crippen molar-refractivity contribution in [1.82, 2.24) is 0 Å². The van der Waals surface area contributed by atoms with E-state index in [1.54, 1.807) is 11.4 Å². The van der Waals surface area contributed by atoms with E-state index in [2.05, 4.69) is 5.32 Å². The number of non-ortho nitro benzene ring substituents is 1. The molecule has 0 bridgehead atoms. The summed E-state index contributed by atoms with van der Waals surface area (Å²) in [7, 11) is 0. The Bertz CT molecular complexity index is 1060. The second kappa shape index (κ2) is 8.32. The van der Waals surface area contributed by atoms with Crippen LogP contribution in [0.2, 0.25) is 5.02 Å². The summed E-state index contributed by atoms with van der Waals surface area (Å²) in [6, 6.07) is 8.25. The number of thiophene rings is 1. The number of benzene rings is 2. The predicted octanol–water partition coefficient (Wildman–Crippen LogP) is 5.42. The summed E-state index contributed by atoms with van der Waals surface area (Å²) in [5.74, 6) is -2.08. The van der Waals surface area contributed by atoms with Gasteiger partial charge in [0.15, 0.2) is 11.6 Å². The minimum absolute atomic E-state index is 0.00931. The van der Waals surface area contributed by atoms with Crippen LogP contribution in [0.5, 0.6) is 5.75 Å². The average Bonchev–Trinajstić information content (AvgIpc) is 3.11. The minimum Gasteiger partial charge on any atom is -0.486 e. The molecular weight excluding hydrogens is 414 g/mol. The van der Waals surface area contributed by atoms with Gasteiger partial charge in [-0.1, -0.05) is 11.6 Å². The van der Waals surface area contributed by atoms with Crippen molar-refractivity contribution in [3.8, 4) is 5.75 Å². The lowest BCUT2D eigenvalue weighted by Crippen LogP contribution is -2.10. The van der Waals surface area contributed by atoms with Gasteiger partial charge in [0, 0.05) is 23.8 Å². The fourth-order valence-corrected chi connectivity index (χ4v) is 3.24. The van der Waals surface area contributed by atoms with Gasteiger partial charge in [-0.3, -0.25) is 14.9 Å². The van der Waals surface area contributed by atoms with Crippen LogP contribution in [-0.2, 0) is 6.61 Å². The lowest BCUT2D eigenvalue weighted by atomic mass is 10.2. The van der Waals surface area contributed by atoms with Crippen molar-refractivity contribution < 1.29 is 23.2 Å². The van der Waals surface area contributed by atoms with Gasteiger partial charge in [0.25, 0.3) is 11.6 Å². The molecule has 0 atom stereocenters. The maximum Gasteiger partial charge on any atom is 0.271 e. The summed E-state index contributed by atoms with van der Waals surface area (Å²) >= 11 is 7.09. The molecule has 1 aromatic heterocycles. The van der Waals surface area contributed by atoms with Crippen LogP contribution in [0.15, 0.2) is 47.8 Å². The van der Waals surface area contributed by atoms with Crippen LogP contribution in [0.1, 0.15) is 15.2 Å². The van der Waals surface area contributed by atoms with Crippen LogP contribution in [0.25, 0.3) is 0 Å². The monoisotopic (exact) mass is 424 g/mol. The maximum absolute atomic E-state index is 13.6. The molecule has 1 amide bonds. The predicted molar refractivity (Wildman–Crippen MR) is 101 cm³/mol. The molecule has 2 aromatic carbocycles. The van der Waals surface area contributed by atoms with E-state index in [1.165, 1.54) is 18.2 Å². The Morgan fingerprint density at radius 2 is 2.00 bits per heavy atom. The first-order chi connectivity index (χ1) is 13.3.